The van der Waals surface area contributed by atoms with E-state index < -0.39 is 5.97 Å². The van der Waals surface area contributed by atoms with Gasteiger partial charge in [0.15, 0.2) is 11.5 Å². The number of carbonyl (C=O) groups excluding carboxylic acids is 1. The van der Waals surface area contributed by atoms with Crippen LogP contribution in [0.1, 0.15) is 69.8 Å². The summed E-state index contributed by atoms with van der Waals surface area (Å²) in [4.78, 5) is 23.7. The number of ether oxygens (including phenoxy) is 2. The highest BCUT2D eigenvalue weighted by atomic mass is 16.5. The summed E-state index contributed by atoms with van der Waals surface area (Å²) in [6.45, 7) is 0.609. The van der Waals surface area contributed by atoms with Crippen LogP contribution in [-0.2, 0) is 9.59 Å². The molecule has 1 heterocycles. The largest absolute Gasteiger partial charge is 0.493 e. The zero-order chi connectivity index (χ0) is 22.2. The number of unbranched alkanes of at least 4 members (excludes halogenated alkanes) is 4. The van der Waals surface area contributed by atoms with Crippen LogP contribution >= 0.6 is 0 Å². The molecule has 0 aromatic heterocycles. The molecule has 1 N–H and O–H groups in total. The van der Waals surface area contributed by atoms with Gasteiger partial charge >= 0.3 is 5.97 Å². The molecule has 0 saturated heterocycles. The Morgan fingerprint density at radius 3 is 2.42 bits per heavy atom. The topological polar surface area (TPSA) is 88.4 Å². The van der Waals surface area contributed by atoms with Gasteiger partial charge in [0, 0.05) is 30.4 Å². The number of amides is 1. The van der Waals surface area contributed by atoms with Crippen molar-refractivity contribution in [3.05, 3.63) is 23.8 Å². The van der Waals surface area contributed by atoms with Crippen LogP contribution in [-0.4, -0.2) is 48.5 Å². The summed E-state index contributed by atoms with van der Waals surface area (Å²) in [6, 6.07) is 5.86. The lowest BCUT2D eigenvalue weighted by atomic mass is 9.73. The van der Waals surface area contributed by atoms with E-state index in [-0.39, 0.29) is 24.2 Å². The van der Waals surface area contributed by atoms with Crippen LogP contribution < -0.4 is 9.47 Å². The molecule has 2 atom stereocenters. The van der Waals surface area contributed by atoms with Gasteiger partial charge < -0.3 is 14.6 Å². The lowest BCUT2D eigenvalue weighted by Gasteiger charge is -2.38. The summed E-state index contributed by atoms with van der Waals surface area (Å²) >= 11 is 0. The number of nitrogens with zero attached hydrogens (tertiary/aromatic N) is 2. The van der Waals surface area contributed by atoms with Crippen LogP contribution in [0, 0.1) is 11.8 Å². The van der Waals surface area contributed by atoms with Gasteiger partial charge in [-0.05, 0) is 43.9 Å². The monoisotopic (exact) mass is 430 g/mol. The van der Waals surface area contributed by atoms with Gasteiger partial charge in [-0.2, -0.15) is 5.10 Å². The third-order valence-electron chi connectivity index (χ3n) is 6.36. The van der Waals surface area contributed by atoms with Crippen LogP contribution in [0.2, 0.25) is 0 Å². The number of hydrazone groups is 1. The first-order chi connectivity index (χ1) is 15.0. The van der Waals surface area contributed by atoms with Crippen molar-refractivity contribution in [3.8, 4) is 11.5 Å². The number of fused-ring (bicyclic) bond motifs is 1. The highest BCUT2D eigenvalue weighted by Crippen LogP contribution is 2.39. The van der Waals surface area contributed by atoms with Crippen molar-refractivity contribution in [1.82, 2.24) is 5.01 Å². The van der Waals surface area contributed by atoms with Crippen molar-refractivity contribution in [3.63, 3.8) is 0 Å². The minimum absolute atomic E-state index is 0.00455. The fourth-order valence-corrected chi connectivity index (χ4v) is 4.69. The van der Waals surface area contributed by atoms with E-state index in [1.165, 1.54) is 0 Å². The number of benzene rings is 1. The Morgan fingerprint density at radius 1 is 1.03 bits per heavy atom. The molecule has 1 aromatic carbocycles. The Bertz CT molecular complexity index is 807. The van der Waals surface area contributed by atoms with E-state index >= 15 is 0 Å². The third-order valence-corrected chi connectivity index (χ3v) is 6.36. The Hall–Kier alpha value is -2.57. The molecule has 1 fully saturated rings. The van der Waals surface area contributed by atoms with Gasteiger partial charge in [-0.25, -0.2) is 5.01 Å². The number of carboxylic acids is 1. The van der Waals surface area contributed by atoms with Crippen LogP contribution in [0.5, 0.6) is 11.5 Å². The van der Waals surface area contributed by atoms with E-state index in [0.29, 0.717) is 24.5 Å². The molecule has 0 radical (unpaired) electrons. The predicted octanol–water partition coefficient (Wildman–Crippen LogP) is 4.48. The molecule has 170 valence electrons. The molecule has 31 heavy (non-hydrogen) atoms. The fourth-order valence-electron chi connectivity index (χ4n) is 4.69. The SMILES string of the molecule is COc1ccc(C2=NN(CCCCCCCC(=O)O)C(=O)[C@@H]3CCCC[C@H]23)cc1OC. The summed E-state index contributed by atoms with van der Waals surface area (Å²) in [5.74, 6) is 0.924. The fraction of sp³-hybridized carbons (Fsp3) is 0.625. The molecule has 1 aliphatic carbocycles. The van der Waals surface area contributed by atoms with Crippen molar-refractivity contribution in [1.29, 1.82) is 0 Å². The average molecular weight is 431 g/mol. The molecule has 3 rings (SSSR count). The first-order valence-electron chi connectivity index (χ1n) is 11.4. The lowest BCUT2D eigenvalue weighted by molar-refractivity contribution is -0.139. The van der Waals surface area contributed by atoms with Crippen LogP contribution in [0.25, 0.3) is 0 Å². The summed E-state index contributed by atoms with van der Waals surface area (Å²) < 4.78 is 10.8. The number of hydrogen-bond acceptors (Lipinski definition) is 5. The molecule has 7 nitrogen and oxygen atoms in total. The summed E-state index contributed by atoms with van der Waals surface area (Å²) in [5, 5.41) is 15.2. The zero-order valence-corrected chi connectivity index (χ0v) is 18.6. The van der Waals surface area contributed by atoms with Crippen LogP contribution in [0.15, 0.2) is 23.3 Å². The van der Waals surface area contributed by atoms with E-state index in [1.807, 2.05) is 18.2 Å². The van der Waals surface area contributed by atoms with Crippen molar-refractivity contribution >= 4 is 17.6 Å². The molecule has 2 aliphatic rings. The van der Waals surface area contributed by atoms with Gasteiger partial charge in [0.05, 0.1) is 19.9 Å². The summed E-state index contributed by atoms with van der Waals surface area (Å²) in [5.41, 5.74) is 1.97. The van der Waals surface area contributed by atoms with Crippen molar-refractivity contribution in [2.24, 2.45) is 16.9 Å². The maximum Gasteiger partial charge on any atom is 0.303 e. The Kier molecular flexibility index (Phi) is 8.32. The van der Waals surface area contributed by atoms with Gasteiger partial charge in [-0.3, -0.25) is 9.59 Å². The first kappa shape index (κ1) is 23.1. The smallest absolute Gasteiger partial charge is 0.303 e. The predicted molar refractivity (Wildman–Crippen MR) is 119 cm³/mol. The third kappa shape index (κ3) is 5.77. The van der Waals surface area contributed by atoms with E-state index in [0.717, 1.165) is 62.6 Å². The molecule has 0 unspecified atom stereocenters. The minimum Gasteiger partial charge on any atom is -0.493 e. The van der Waals surface area contributed by atoms with Gasteiger partial charge in [0.2, 0.25) is 5.91 Å². The summed E-state index contributed by atoms with van der Waals surface area (Å²) in [7, 11) is 3.24. The number of hydrogen-bond donors (Lipinski definition) is 1. The number of carbonyl (C=O) groups is 2. The normalized spacial score (nSPS) is 20.8. The molecule has 0 bridgehead atoms. The number of carboxylic acid groups (broad SMARTS) is 1. The van der Waals surface area contributed by atoms with E-state index in [9.17, 15) is 9.59 Å². The maximum absolute atomic E-state index is 13.1. The van der Waals surface area contributed by atoms with Gasteiger partial charge in [-0.15, -0.1) is 0 Å². The quantitative estimate of drug-likeness (QED) is 0.523. The van der Waals surface area contributed by atoms with Crippen LogP contribution in [0.4, 0.5) is 0 Å². The Morgan fingerprint density at radius 2 is 1.71 bits per heavy atom. The standard InChI is InChI=1S/C24H34N2O5/c1-30-20-14-13-17(16-21(20)31-2)23-18-10-7-8-11-19(18)24(29)26(25-23)15-9-5-3-4-6-12-22(27)28/h13-14,16,18-19H,3-12,15H2,1-2H3,(H,27,28)/t18-,19+/m0/s1. The molecule has 1 amide bonds. The summed E-state index contributed by atoms with van der Waals surface area (Å²) in [6.07, 6.45) is 8.79. The molecule has 1 aliphatic heterocycles. The van der Waals surface area contributed by atoms with E-state index in [4.69, 9.17) is 19.7 Å². The molecule has 7 heteroatoms. The molecular weight excluding hydrogens is 396 g/mol. The van der Waals surface area contributed by atoms with Crippen molar-refractivity contribution in [2.45, 2.75) is 64.2 Å². The Labute approximate surface area is 184 Å². The zero-order valence-electron chi connectivity index (χ0n) is 18.6. The molecular formula is C24H34N2O5. The van der Waals surface area contributed by atoms with E-state index in [2.05, 4.69) is 0 Å². The maximum atomic E-state index is 13.1. The lowest BCUT2D eigenvalue weighted by Crippen LogP contribution is -2.46. The van der Waals surface area contributed by atoms with Crippen molar-refractivity contribution in [2.75, 3.05) is 20.8 Å². The first-order valence-corrected chi connectivity index (χ1v) is 11.4. The highest BCUT2D eigenvalue weighted by Gasteiger charge is 2.41. The number of methoxy groups -OCH3 is 2. The average Bonchev–Trinajstić information content (AvgIpc) is 2.79. The molecule has 1 saturated carbocycles. The number of rotatable bonds is 11. The second-order valence-corrected chi connectivity index (χ2v) is 8.43. The van der Waals surface area contributed by atoms with Gasteiger partial charge in [-0.1, -0.05) is 32.1 Å². The second kappa shape index (κ2) is 11.2. The van der Waals surface area contributed by atoms with Crippen LogP contribution in [0.3, 0.4) is 0 Å². The molecule has 1 aromatic rings. The number of aliphatic carboxylic acids is 1. The van der Waals surface area contributed by atoms with Gasteiger partial charge in [0.1, 0.15) is 0 Å². The van der Waals surface area contributed by atoms with Crippen molar-refractivity contribution < 1.29 is 24.2 Å². The Balaban J connectivity index is 1.71. The molecule has 0 spiro atoms. The second-order valence-electron chi connectivity index (χ2n) is 8.43. The minimum atomic E-state index is -0.738. The van der Waals surface area contributed by atoms with E-state index in [1.54, 1.807) is 19.2 Å². The van der Waals surface area contributed by atoms with Gasteiger partial charge in [0.25, 0.3) is 0 Å². The highest BCUT2D eigenvalue weighted by molar-refractivity contribution is 6.07.